The normalized spacial score (nSPS) is 11.6. The largest absolute Gasteiger partial charge is 0.103 e. The Bertz CT molecular complexity index is 120. The van der Waals surface area contributed by atoms with Crippen LogP contribution in [0.5, 0.6) is 0 Å². The van der Waals surface area contributed by atoms with Gasteiger partial charge in [0, 0.05) is 0 Å². The first-order valence-electron chi connectivity index (χ1n) is 4.60. The van der Waals surface area contributed by atoms with Crippen LogP contribution in [0, 0.1) is 0 Å². The summed E-state index contributed by atoms with van der Waals surface area (Å²) in [6.45, 7) is 8.08. The summed E-state index contributed by atoms with van der Waals surface area (Å²) in [5, 5.41) is 0. The maximum absolute atomic E-state index is 3.71. The standard InChI is InChI=1S/C11H20/c1-4-7-8-10-11(6-3)9-5-2/h4,6H,1,5,7-10H2,2-3H3. The van der Waals surface area contributed by atoms with E-state index in [4.69, 9.17) is 0 Å². The molecular formula is C11H20. The Hall–Kier alpha value is -0.520. The molecule has 0 aromatic rings. The van der Waals surface area contributed by atoms with Crippen LogP contribution in [-0.2, 0) is 0 Å². The molecule has 0 N–H and O–H groups in total. The van der Waals surface area contributed by atoms with Crippen LogP contribution in [0.2, 0.25) is 0 Å². The summed E-state index contributed by atoms with van der Waals surface area (Å²) in [5.41, 5.74) is 1.61. The van der Waals surface area contributed by atoms with Gasteiger partial charge in [0.1, 0.15) is 0 Å². The van der Waals surface area contributed by atoms with E-state index in [-0.39, 0.29) is 0 Å². The molecule has 0 radical (unpaired) electrons. The van der Waals surface area contributed by atoms with Crippen molar-refractivity contribution in [3.05, 3.63) is 24.3 Å². The Balaban J connectivity index is 3.44. The summed E-state index contributed by atoms with van der Waals surface area (Å²) in [7, 11) is 0. The monoisotopic (exact) mass is 152 g/mol. The highest BCUT2D eigenvalue weighted by atomic mass is 14.0. The Morgan fingerprint density at radius 1 is 1.36 bits per heavy atom. The van der Waals surface area contributed by atoms with E-state index in [2.05, 4.69) is 26.5 Å². The highest BCUT2D eigenvalue weighted by Gasteiger charge is 1.92. The van der Waals surface area contributed by atoms with Crippen LogP contribution in [0.1, 0.15) is 46.0 Å². The lowest BCUT2D eigenvalue weighted by atomic mass is 10.0. The zero-order chi connectivity index (χ0) is 8.53. The molecule has 11 heavy (non-hydrogen) atoms. The fraction of sp³-hybridized carbons (Fsp3) is 0.636. The molecule has 0 rings (SSSR count). The summed E-state index contributed by atoms with van der Waals surface area (Å²) in [6, 6.07) is 0. The van der Waals surface area contributed by atoms with Gasteiger partial charge < -0.3 is 0 Å². The van der Waals surface area contributed by atoms with E-state index >= 15 is 0 Å². The predicted molar refractivity (Wildman–Crippen MR) is 52.7 cm³/mol. The second-order valence-electron chi connectivity index (χ2n) is 2.88. The molecule has 0 aliphatic rings. The molecule has 0 heteroatoms. The van der Waals surface area contributed by atoms with Crippen LogP contribution in [0.4, 0.5) is 0 Å². The Kier molecular flexibility index (Phi) is 7.23. The second kappa shape index (κ2) is 7.59. The first-order valence-corrected chi connectivity index (χ1v) is 4.60. The minimum Gasteiger partial charge on any atom is -0.103 e. The third-order valence-electron chi connectivity index (χ3n) is 1.89. The molecule has 0 aliphatic carbocycles. The van der Waals surface area contributed by atoms with Crippen molar-refractivity contribution in [3.8, 4) is 0 Å². The van der Waals surface area contributed by atoms with Crippen LogP contribution in [0.15, 0.2) is 24.3 Å². The third-order valence-corrected chi connectivity index (χ3v) is 1.89. The molecule has 0 saturated heterocycles. The van der Waals surface area contributed by atoms with E-state index < -0.39 is 0 Å². The lowest BCUT2D eigenvalue weighted by Crippen LogP contribution is -1.82. The van der Waals surface area contributed by atoms with Gasteiger partial charge in [-0.2, -0.15) is 0 Å². The quantitative estimate of drug-likeness (QED) is 0.397. The van der Waals surface area contributed by atoms with Crippen molar-refractivity contribution >= 4 is 0 Å². The topological polar surface area (TPSA) is 0 Å². The molecule has 0 aromatic carbocycles. The van der Waals surface area contributed by atoms with Crippen molar-refractivity contribution in [2.24, 2.45) is 0 Å². The number of hydrogen-bond donors (Lipinski definition) is 0. The molecule has 0 atom stereocenters. The lowest BCUT2D eigenvalue weighted by Gasteiger charge is -2.02. The first-order chi connectivity index (χ1) is 5.35. The van der Waals surface area contributed by atoms with Crippen molar-refractivity contribution in [1.82, 2.24) is 0 Å². The van der Waals surface area contributed by atoms with Gasteiger partial charge in [0.05, 0.1) is 0 Å². The lowest BCUT2D eigenvalue weighted by molar-refractivity contribution is 0.768. The van der Waals surface area contributed by atoms with Gasteiger partial charge in [-0.1, -0.05) is 31.1 Å². The molecular weight excluding hydrogens is 132 g/mol. The molecule has 64 valence electrons. The highest BCUT2D eigenvalue weighted by Crippen LogP contribution is 2.12. The summed E-state index contributed by atoms with van der Waals surface area (Å²) in [4.78, 5) is 0. The first kappa shape index (κ1) is 10.5. The van der Waals surface area contributed by atoms with Crippen LogP contribution < -0.4 is 0 Å². The third kappa shape index (κ3) is 5.90. The van der Waals surface area contributed by atoms with Crippen molar-refractivity contribution in [1.29, 1.82) is 0 Å². The average Bonchev–Trinajstić information content (AvgIpc) is 2.03. The molecule has 0 spiro atoms. The van der Waals surface area contributed by atoms with Crippen LogP contribution >= 0.6 is 0 Å². The van der Waals surface area contributed by atoms with Crippen molar-refractivity contribution < 1.29 is 0 Å². The minimum absolute atomic E-state index is 1.15. The van der Waals surface area contributed by atoms with E-state index in [0.717, 1.165) is 6.42 Å². The van der Waals surface area contributed by atoms with Crippen molar-refractivity contribution in [2.75, 3.05) is 0 Å². The summed E-state index contributed by atoms with van der Waals surface area (Å²) in [6.07, 6.45) is 10.5. The predicted octanol–water partition coefficient (Wildman–Crippen LogP) is 4.09. The molecule has 0 fully saturated rings. The molecule has 0 amide bonds. The van der Waals surface area contributed by atoms with Gasteiger partial charge >= 0.3 is 0 Å². The van der Waals surface area contributed by atoms with E-state index in [9.17, 15) is 0 Å². The van der Waals surface area contributed by atoms with Gasteiger partial charge in [-0.05, 0) is 32.6 Å². The van der Waals surface area contributed by atoms with Crippen LogP contribution in [0.3, 0.4) is 0 Å². The molecule has 0 aliphatic heterocycles. The van der Waals surface area contributed by atoms with Crippen LogP contribution in [0.25, 0.3) is 0 Å². The number of rotatable bonds is 6. The van der Waals surface area contributed by atoms with E-state index in [1.54, 1.807) is 5.57 Å². The van der Waals surface area contributed by atoms with E-state index in [1.165, 1.54) is 25.7 Å². The van der Waals surface area contributed by atoms with Crippen molar-refractivity contribution in [2.45, 2.75) is 46.0 Å². The van der Waals surface area contributed by atoms with E-state index in [1.807, 2.05) is 6.08 Å². The number of hydrogen-bond acceptors (Lipinski definition) is 0. The molecule has 0 nitrogen and oxygen atoms in total. The maximum Gasteiger partial charge on any atom is -0.0317 e. The summed E-state index contributed by atoms with van der Waals surface area (Å²) >= 11 is 0. The minimum atomic E-state index is 1.15. The van der Waals surface area contributed by atoms with Crippen LogP contribution in [-0.4, -0.2) is 0 Å². The summed E-state index contributed by atoms with van der Waals surface area (Å²) < 4.78 is 0. The van der Waals surface area contributed by atoms with Gasteiger partial charge in [-0.15, -0.1) is 6.58 Å². The Morgan fingerprint density at radius 3 is 2.55 bits per heavy atom. The molecule has 0 saturated carbocycles. The van der Waals surface area contributed by atoms with Crippen molar-refractivity contribution in [3.63, 3.8) is 0 Å². The zero-order valence-corrected chi connectivity index (χ0v) is 7.90. The number of allylic oxidation sites excluding steroid dienone is 3. The smallest absolute Gasteiger partial charge is 0.0317 e. The fourth-order valence-corrected chi connectivity index (χ4v) is 1.21. The highest BCUT2D eigenvalue weighted by molar-refractivity contribution is 4.99. The molecule has 0 bridgehead atoms. The zero-order valence-electron chi connectivity index (χ0n) is 7.90. The van der Waals surface area contributed by atoms with Gasteiger partial charge in [0.25, 0.3) is 0 Å². The fourth-order valence-electron chi connectivity index (χ4n) is 1.21. The van der Waals surface area contributed by atoms with Gasteiger partial charge in [-0.25, -0.2) is 0 Å². The molecule has 0 unspecified atom stereocenters. The number of unbranched alkanes of at least 4 members (excludes halogenated alkanes) is 1. The van der Waals surface area contributed by atoms with E-state index in [0.29, 0.717) is 0 Å². The van der Waals surface area contributed by atoms with Gasteiger partial charge in [-0.3, -0.25) is 0 Å². The Labute approximate surface area is 71.0 Å². The van der Waals surface area contributed by atoms with Gasteiger partial charge in [0.2, 0.25) is 0 Å². The molecule has 0 heterocycles. The average molecular weight is 152 g/mol. The molecule has 0 aromatic heterocycles. The van der Waals surface area contributed by atoms with Gasteiger partial charge in [0.15, 0.2) is 0 Å². The Morgan fingerprint density at radius 2 is 2.09 bits per heavy atom. The second-order valence-corrected chi connectivity index (χ2v) is 2.88. The summed E-state index contributed by atoms with van der Waals surface area (Å²) in [5.74, 6) is 0. The maximum atomic E-state index is 3.71. The SMILES string of the molecule is C=CCCCC(=CC)CCC.